The minimum Gasteiger partial charge on any atom is -0.468 e. The number of rotatable bonds is 4. The molecule has 0 aliphatic heterocycles. The fourth-order valence-electron chi connectivity index (χ4n) is 1.97. The summed E-state index contributed by atoms with van der Waals surface area (Å²) < 4.78 is 4.63. The topological polar surface area (TPSA) is 85.2 Å². The molecule has 2 aromatic rings. The second-order valence-electron chi connectivity index (χ2n) is 3.88. The molecule has 6 heteroatoms. The molecule has 0 bridgehead atoms. The zero-order chi connectivity index (χ0) is 13.1. The Bertz CT molecular complexity index is 591. The van der Waals surface area contributed by atoms with E-state index in [9.17, 15) is 14.9 Å². The third kappa shape index (κ3) is 2.17. The molecule has 0 unspecified atom stereocenters. The van der Waals surface area contributed by atoms with Crippen molar-refractivity contribution in [1.82, 2.24) is 4.98 Å². The van der Waals surface area contributed by atoms with Gasteiger partial charge in [0.15, 0.2) is 0 Å². The van der Waals surface area contributed by atoms with Gasteiger partial charge in [0.05, 0.1) is 7.11 Å². The van der Waals surface area contributed by atoms with Gasteiger partial charge >= 0.3 is 5.97 Å². The molecule has 0 aliphatic carbocycles. The van der Waals surface area contributed by atoms with E-state index in [1.54, 1.807) is 6.20 Å². The predicted octanol–water partition coefficient (Wildman–Crippen LogP) is 1.70. The maximum atomic E-state index is 11.6. The minimum absolute atomic E-state index is 0.478. The van der Waals surface area contributed by atoms with Gasteiger partial charge in [-0.3, -0.25) is 14.9 Å². The molecule has 0 spiro atoms. The Morgan fingerprint density at radius 2 is 2.22 bits per heavy atom. The van der Waals surface area contributed by atoms with Crippen LogP contribution in [0.15, 0.2) is 30.5 Å². The van der Waals surface area contributed by atoms with Gasteiger partial charge < -0.3 is 9.72 Å². The summed E-state index contributed by atoms with van der Waals surface area (Å²) in [5.41, 5.74) is 1.43. The molecular weight excluding hydrogens is 236 g/mol. The molecule has 0 radical (unpaired) electrons. The third-order valence-electron chi connectivity index (χ3n) is 2.81. The summed E-state index contributed by atoms with van der Waals surface area (Å²) in [6, 6.07) is 7.33. The number of carbonyl (C=O) groups is 1. The monoisotopic (exact) mass is 248 g/mol. The summed E-state index contributed by atoms with van der Waals surface area (Å²) in [5, 5.41) is 11.4. The van der Waals surface area contributed by atoms with E-state index in [0.29, 0.717) is 5.56 Å². The molecule has 0 saturated carbocycles. The Kier molecular flexibility index (Phi) is 3.27. The molecule has 18 heavy (non-hydrogen) atoms. The van der Waals surface area contributed by atoms with Gasteiger partial charge in [-0.2, -0.15) is 0 Å². The first-order valence-electron chi connectivity index (χ1n) is 5.39. The van der Waals surface area contributed by atoms with E-state index in [0.717, 1.165) is 10.9 Å². The Morgan fingerprint density at radius 3 is 2.89 bits per heavy atom. The van der Waals surface area contributed by atoms with Crippen LogP contribution in [0.4, 0.5) is 0 Å². The van der Waals surface area contributed by atoms with Gasteiger partial charge in [-0.05, 0) is 11.6 Å². The number of nitrogens with zero attached hydrogens (tertiary/aromatic N) is 1. The average Bonchev–Trinajstić information content (AvgIpc) is 2.78. The number of methoxy groups -OCH3 is 1. The molecule has 0 aliphatic rings. The van der Waals surface area contributed by atoms with Crippen LogP contribution < -0.4 is 0 Å². The molecule has 1 N–H and O–H groups in total. The zero-order valence-corrected chi connectivity index (χ0v) is 9.75. The highest BCUT2D eigenvalue weighted by Gasteiger charge is 2.29. The fraction of sp³-hybridized carbons (Fsp3) is 0.250. The van der Waals surface area contributed by atoms with Crippen LogP contribution in [-0.2, 0) is 9.53 Å². The van der Waals surface area contributed by atoms with Crippen LogP contribution in [0.1, 0.15) is 11.5 Å². The quantitative estimate of drug-likeness (QED) is 0.507. The van der Waals surface area contributed by atoms with Gasteiger partial charge in [0.2, 0.25) is 6.54 Å². The van der Waals surface area contributed by atoms with E-state index in [1.165, 1.54) is 7.11 Å². The van der Waals surface area contributed by atoms with Crippen LogP contribution >= 0.6 is 0 Å². The average molecular weight is 248 g/mol. The van der Waals surface area contributed by atoms with Crippen molar-refractivity contribution in [2.24, 2.45) is 0 Å². The summed E-state index contributed by atoms with van der Waals surface area (Å²) in [7, 11) is 1.23. The highest BCUT2D eigenvalue weighted by atomic mass is 16.6. The predicted molar refractivity (Wildman–Crippen MR) is 64.9 cm³/mol. The number of ether oxygens (including phenoxy) is 1. The van der Waals surface area contributed by atoms with Crippen LogP contribution in [0.25, 0.3) is 10.9 Å². The highest BCUT2D eigenvalue weighted by molar-refractivity contribution is 5.89. The number of carbonyl (C=O) groups excluding carboxylic acids is 1. The van der Waals surface area contributed by atoms with Crippen molar-refractivity contribution < 1.29 is 14.5 Å². The number of nitrogens with one attached hydrogen (secondary N) is 1. The Labute approximate surface area is 103 Å². The number of benzene rings is 1. The van der Waals surface area contributed by atoms with E-state index >= 15 is 0 Å². The van der Waals surface area contributed by atoms with Crippen LogP contribution in [0.5, 0.6) is 0 Å². The highest BCUT2D eigenvalue weighted by Crippen LogP contribution is 2.26. The Hall–Kier alpha value is -2.37. The number of H-pyrrole nitrogens is 1. The maximum absolute atomic E-state index is 11.6. The Morgan fingerprint density at radius 1 is 1.50 bits per heavy atom. The van der Waals surface area contributed by atoms with Crippen LogP contribution in [0.2, 0.25) is 0 Å². The number of hydrogen-bond acceptors (Lipinski definition) is 4. The van der Waals surface area contributed by atoms with Gasteiger partial charge in [-0.25, -0.2) is 0 Å². The first-order valence-corrected chi connectivity index (χ1v) is 5.39. The molecule has 94 valence electrons. The van der Waals surface area contributed by atoms with Gasteiger partial charge in [-0.1, -0.05) is 18.2 Å². The van der Waals surface area contributed by atoms with Crippen molar-refractivity contribution in [3.8, 4) is 0 Å². The first-order chi connectivity index (χ1) is 8.63. The number of aromatic amines is 1. The molecule has 2 rings (SSSR count). The fourth-order valence-corrected chi connectivity index (χ4v) is 1.97. The maximum Gasteiger partial charge on any atom is 0.319 e. The van der Waals surface area contributed by atoms with Crippen molar-refractivity contribution in [2.75, 3.05) is 13.7 Å². The molecule has 6 nitrogen and oxygen atoms in total. The van der Waals surface area contributed by atoms with Crippen molar-refractivity contribution in [1.29, 1.82) is 0 Å². The van der Waals surface area contributed by atoms with Gasteiger partial charge in [0, 0.05) is 22.0 Å². The number of esters is 1. The first kappa shape index (κ1) is 12.1. The number of nitro groups is 1. The molecule has 0 fully saturated rings. The number of aromatic nitrogens is 1. The molecule has 1 heterocycles. The molecule has 1 aromatic carbocycles. The van der Waals surface area contributed by atoms with Crippen molar-refractivity contribution >= 4 is 16.9 Å². The van der Waals surface area contributed by atoms with Crippen LogP contribution in [0.3, 0.4) is 0 Å². The second kappa shape index (κ2) is 4.87. The largest absolute Gasteiger partial charge is 0.468 e. The third-order valence-corrected chi connectivity index (χ3v) is 2.81. The van der Waals surface area contributed by atoms with Gasteiger partial charge in [-0.15, -0.1) is 0 Å². The molecule has 1 aromatic heterocycles. The SMILES string of the molecule is COC(=O)[C@H](C[N+](=O)[O-])c1c[nH]c2ccccc12. The summed E-state index contributed by atoms with van der Waals surface area (Å²) in [6.07, 6.45) is 1.62. The van der Waals surface area contributed by atoms with Crippen molar-refractivity contribution in [3.05, 3.63) is 46.1 Å². The number of fused-ring (bicyclic) bond motifs is 1. The lowest BCUT2D eigenvalue weighted by molar-refractivity contribution is -0.481. The number of para-hydroxylation sites is 1. The lowest BCUT2D eigenvalue weighted by Gasteiger charge is -2.09. The van der Waals surface area contributed by atoms with Crippen LogP contribution in [0, 0.1) is 10.1 Å². The van der Waals surface area contributed by atoms with Crippen molar-refractivity contribution in [3.63, 3.8) is 0 Å². The van der Waals surface area contributed by atoms with Crippen LogP contribution in [-0.4, -0.2) is 29.5 Å². The normalized spacial score (nSPS) is 12.3. The lowest BCUT2D eigenvalue weighted by atomic mass is 9.99. The Balaban J connectivity index is 2.47. The molecule has 0 saturated heterocycles. The van der Waals surface area contributed by atoms with Gasteiger partial charge in [0.1, 0.15) is 5.92 Å². The molecular formula is C12H12N2O4. The lowest BCUT2D eigenvalue weighted by Crippen LogP contribution is -2.22. The summed E-state index contributed by atoms with van der Waals surface area (Å²) >= 11 is 0. The summed E-state index contributed by atoms with van der Waals surface area (Å²) in [5.74, 6) is -1.49. The van der Waals surface area contributed by atoms with E-state index in [4.69, 9.17) is 0 Å². The van der Waals surface area contributed by atoms with E-state index in [-0.39, 0.29) is 0 Å². The number of hydrogen-bond donors (Lipinski definition) is 1. The van der Waals surface area contributed by atoms with E-state index in [2.05, 4.69) is 9.72 Å². The van der Waals surface area contributed by atoms with E-state index < -0.39 is 23.4 Å². The smallest absolute Gasteiger partial charge is 0.319 e. The molecule has 0 amide bonds. The van der Waals surface area contributed by atoms with Crippen molar-refractivity contribution in [2.45, 2.75) is 5.92 Å². The summed E-state index contributed by atoms with van der Waals surface area (Å²) in [6.45, 7) is -0.478. The standard InChI is InChI=1S/C12H12N2O4/c1-18-12(15)10(7-14(16)17)9-6-13-11-5-3-2-4-8(9)11/h2-6,10,13H,7H2,1H3/t10-/m1/s1. The second-order valence-corrected chi connectivity index (χ2v) is 3.88. The molecule has 1 atom stereocenters. The summed E-state index contributed by atoms with van der Waals surface area (Å²) in [4.78, 5) is 24.8. The minimum atomic E-state index is -0.888. The van der Waals surface area contributed by atoms with E-state index in [1.807, 2.05) is 24.3 Å². The van der Waals surface area contributed by atoms with Gasteiger partial charge in [0.25, 0.3) is 0 Å². The zero-order valence-electron chi connectivity index (χ0n) is 9.75.